The summed E-state index contributed by atoms with van der Waals surface area (Å²) in [5, 5.41) is 5.59. The number of rotatable bonds is 4. The quantitative estimate of drug-likeness (QED) is 0.368. The number of nitrogens with zero attached hydrogens (tertiary/aromatic N) is 2. The second kappa shape index (κ2) is 8.42. The summed E-state index contributed by atoms with van der Waals surface area (Å²) >= 11 is 0. The summed E-state index contributed by atoms with van der Waals surface area (Å²) in [5.74, 6) is -0.486. The molecule has 0 atom stereocenters. The fraction of sp³-hybridized carbons (Fsp3) is 0.333. The van der Waals surface area contributed by atoms with Gasteiger partial charge in [-0.25, -0.2) is 4.39 Å². The highest BCUT2D eigenvalue weighted by Crippen LogP contribution is 2.46. The lowest BCUT2D eigenvalue weighted by Gasteiger charge is -2.32. The molecule has 6 nitrogen and oxygen atoms in total. The van der Waals surface area contributed by atoms with Crippen molar-refractivity contribution in [2.75, 3.05) is 38.0 Å². The summed E-state index contributed by atoms with van der Waals surface area (Å²) in [4.78, 5) is 34.9. The number of carbonyl (C=O) groups is 2. The minimum absolute atomic E-state index is 0.0381. The highest BCUT2D eigenvalue weighted by Gasteiger charge is 2.34. The minimum Gasteiger partial charge on any atom is -0.357 e. The number of anilines is 1. The zero-order valence-corrected chi connectivity index (χ0v) is 20.9. The lowest BCUT2D eigenvalue weighted by Crippen LogP contribution is -2.43. The first-order valence-electron chi connectivity index (χ1n) is 13.2. The minimum atomic E-state index is -0.323. The van der Waals surface area contributed by atoms with E-state index >= 15 is 4.39 Å². The number of aromatic nitrogens is 1. The van der Waals surface area contributed by atoms with Crippen LogP contribution in [-0.2, 0) is 6.42 Å². The van der Waals surface area contributed by atoms with Crippen molar-refractivity contribution in [1.82, 2.24) is 14.8 Å². The Bertz CT molecular complexity index is 1620. The van der Waals surface area contributed by atoms with E-state index in [4.69, 9.17) is 0 Å². The molecule has 3 aromatic carbocycles. The van der Waals surface area contributed by atoms with Crippen LogP contribution in [0.4, 0.5) is 10.1 Å². The maximum atomic E-state index is 15.3. The van der Waals surface area contributed by atoms with Gasteiger partial charge in [-0.05, 0) is 61.3 Å². The molecule has 0 bridgehead atoms. The van der Waals surface area contributed by atoms with E-state index in [9.17, 15) is 9.59 Å². The van der Waals surface area contributed by atoms with Crippen LogP contribution in [0.2, 0.25) is 0 Å². The first kappa shape index (κ1) is 22.5. The smallest absolute Gasteiger partial charge is 0.257 e. The Morgan fingerprint density at radius 3 is 2.49 bits per heavy atom. The van der Waals surface area contributed by atoms with Gasteiger partial charge in [0.1, 0.15) is 5.82 Å². The van der Waals surface area contributed by atoms with Crippen LogP contribution >= 0.6 is 0 Å². The Hall–Kier alpha value is -3.71. The van der Waals surface area contributed by atoms with Crippen LogP contribution in [0.1, 0.15) is 51.2 Å². The maximum absolute atomic E-state index is 15.3. The van der Waals surface area contributed by atoms with Crippen LogP contribution in [-0.4, -0.2) is 59.3 Å². The van der Waals surface area contributed by atoms with E-state index < -0.39 is 0 Å². The number of hydrogen-bond acceptors (Lipinski definition) is 3. The highest BCUT2D eigenvalue weighted by atomic mass is 19.1. The summed E-state index contributed by atoms with van der Waals surface area (Å²) in [7, 11) is 0. The standard InChI is InChI=1S/C30H29FN4O2/c1-17-23-22(11-14-35(30(23)37)16-15-34-12-3-2-4-13-34)32-28(17)26-19-7-5-9-20(31)24(19)18-8-6-10-21-25(18)27(26)29(36)33-21/h5-10,32H,2-4,11-16H2,1H3,(H,33,36). The number of fused-ring (bicyclic) bond motifs is 3. The molecule has 0 spiro atoms. The summed E-state index contributed by atoms with van der Waals surface area (Å²) < 4.78 is 15.3. The molecule has 0 aliphatic carbocycles. The van der Waals surface area contributed by atoms with Gasteiger partial charge in [-0.2, -0.15) is 0 Å². The molecule has 188 valence electrons. The van der Waals surface area contributed by atoms with Crippen LogP contribution in [0.25, 0.3) is 32.8 Å². The molecule has 0 radical (unpaired) electrons. The predicted octanol–water partition coefficient (Wildman–Crippen LogP) is 5.49. The molecule has 0 unspecified atom stereocenters. The molecule has 37 heavy (non-hydrogen) atoms. The number of benzene rings is 3. The van der Waals surface area contributed by atoms with E-state index in [0.29, 0.717) is 39.7 Å². The molecule has 1 saturated heterocycles. The van der Waals surface area contributed by atoms with Crippen LogP contribution < -0.4 is 5.32 Å². The van der Waals surface area contributed by atoms with E-state index in [-0.39, 0.29) is 17.6 Å². The number of hydrogen-bond donors (Lipinski definition) is 2. The van der Waals surface area contributed by atoms with Gasteiger partial charge >= 0.3 is 0 Å². The molecule has 7 heteroatoms. The molecule has 3 aliphatic heterocycles. The molecule has 2 amide bonds. The molecule has 0 saturated carbocycles. The van der Waals surface area contributed by atoms with E-state index in [1.54, 1.807) is 6.07 Å². The van der Waals surface area contributed by atoms with E-state index in [1.807, 2.05) is 36.1 Å². The SMILES string of the molecule is Cc1c(-c2c3c4c(cccc4c4c(F)cccc24)NC3=O)[nH]c2c1C(=O)N(CCN1CCCCC1)CC2. The summed E-state index contributed by atoms with van der Waals surface area (Å²) in [5.41, 5.74) is 5.05. The van der Waals surface area contributed by atoms with Crippen LogP contribution in [0, 0.1) is 12.7 Å². The van der Waals surface area contributed by atoms with Crippen LogP contribution in [0.3, 0.4) is 0 Å². The number of H-pyrrole nitrogens is 1. The zero-order valence-electron chi connectivity index (χ0n) is 20.9. The molecule has 2 N–H and O–H groups in total. The van der Waals surface area contributed by atoms with Crippen molar-refractivity contribution < 1.29 is 14.0 Å². The van der Waals surface area contributed by atoms with Crippen molar-refractivity contribution in [2.45, 2.75) is 32.6 Å². The third-order valence-corrected chi connectivity index (χ3v) is 8.44. The van der Waals surface area contributed by atoms with Gasteiger partial charge in [0.15, 0.2) is 0 Å². The van der Waals surface area contributed by atoms with Crippen LogP contribution in [0.15, 0.2) is 36.4 Å². The van der Waals surface area contributed by atoms with Crippen molar-refractivity contribution in [1.29, 1.82) is 0 Å². The fourth-order valence-electron chi connectivity index (χ4n) is 6.62. The highest BCUT2D eigenvalue weighted by molar-refractivity contribution is 6.33. The second-order valence-electron chi connectivity index (χ2n) is 10.5. The number of halogens is 1. The average molecular weight is 497 g/mol. The monoisotopic (exact) mass is 496 g/mol. The Balaban J connectivity index is 1.36. The van der Waals surface area contributed by atoms with Crippen LogP contribution in [0.5, 0.6) is 0 Å². The Kier molecular flexibility index (Phi) is 5.11. The topological polar surface area (TPSA) is 68.4 Å². The molecule has 1 fully saturated rings. The van der Waals surface area contributed by atoms with Gasteiger partial charge < -0.3 is 20.1 Å². The van der Waals surface area contributed by atoms with E-state index in [2.05, 4.69) is 15.2 Å². The first-order chi connectivity index (χ1) is 18.0. The number of likely N-dealkylation sites (tertiary alicyclic amines) is 1. The largest absolute Gasteiger partial charge is 0.357 e. The molecule has 3 aliphatic rings. The van der Waals surface area contributed by atoms with Crippen molar-refractivity contribution >= 4 is 39.0 Å². The number of amides is 2. The van der Waals surface area contributed by atoms with Crippen molar-refractivity contribution in [3.05, 3.63) is 64.6 Å². The van der Waals surface area contributed by atoms with Gasteiger partial charge in [0.25, 0.3) is 11.8 Å². The Morgan fingerprint density at radius 1 is 0.865 bits per heavy atom. The fourth-order valence-corrected chi connectivity index (χ4v) is 6.62. The van der Waals surface area contributed by atoms with Crippen molar-refractivity contribution in [2.24, 2.45) is 0 Å². The Morgan fingerprint density at radius 2 is 1.65 bits per heavy atom. The lowest BCUT2D eigenvalue weighted by molar-refractivity contribution is 0.0711. The van der Waals surface area contributed by atoms with Crippen molar-refractivity contribution in [3.8, 4) is 11.3 Å². The van der Waals surface area contributed by atoms with Gasteiger partial charge in [-0.3, -0.25) is 9.59 Å². The molecular formula is C30H29FN4O2. The number of carbonyl (C=O) groups excluding carboxylic acids is 2. The zero-order chi connectivity index (χ0) is 25.3. The number of aromatic amines is 1. The third-order valence-electron chi connectivity index (χ3n) is 8.44. The average Bonchev–Trinajstić information content (AvgIpc) is 3.42. The lowest BCUT2D eigenvalue weighted by atomic mass is 9.89. The Labute approximate surface area is 214 Å². The molecule has 7 rings (SSSR count). The van der Waals surface area contributed by atoms with Gasteiger partial charge in [0, 0.05) is 53.8 Å². The summed E-state index contributed by atoms with van der Waals surface area (Å²) in [6.07, 6.45) is 4.49. The molecule has 4 heterocycles. The predicted molar refractivity (Wildman–Crippen MR) is 144 cm³/mol. The van der Waals surface area contributed by atoms with E-state index in [1.165, 1.54) is 25.3 Å². The van der Waals surface area contributed by atoms with E-state index in [0.717, 1.165) is 60.3 Å². The second-order valence-corrected chi connectivity index (χ2v) is 10.5. The third kappa shape index (κ3) is 3.33. The number of nitrogens with one attached hydrogen (secondary N) is 2. The molecule has 1 aromatic heterocycles. The van der Waals surface area contributed by atoms with Gasteiger partial charge in [-0.15, -0.1) is 0 Å². The van der Waals surface area contributed by atoms with Gasteiger partial charge in [-0.1, -0.05) is 30.7 Å². The summed E-state index contributed by atoms with van der Waals surface area (Å²) in [6, 6.07) is 10.6. The van der Waals surface area contributed by atoms with Gasteiger partial charge in [0.05, 0.1) is 16.8 Å². The number of piperidine rings is 1. The maximum Gasteiger partial charge on any atom is 0.257 e. The molecule has 4 aromatic rings. The molecular weight excluding hydrogens is 467 g/mol. The first-order valence-corrected chi connectivity index (χ1v) is 13.2. The summed E-state index contributed by atoms with van der Waals surface area (Å²) in [6.45, 7) is 6.46. The normalized spacial score (nSPS) is 17.6. The van der Waals surface area contributed by atoms with Gasteiger partial charge in [0.2, 0.25) is 0 Å². The van der Waals surface area contributed by atoms with Crippen molar-refractivity contribution in [3.63, 3.8) is 0 Å².